The number of benzene rings is 8. The highest BCUT2D eigenvalue weighted by atomic mass is 16.5. The van der Waals surface area contributed by atoms with Crippen LogP contribution in [0.4, 0.5) is 0 Å². The second-order valence-electron chi connectivity index (χ2n) is 13.6. The van der Waals surface area contributed by atoms with Crippen molar-refractivity contribution in [3.8, 4) is 67.4 Å². The molecule has 3 nitrogen and oxygen atoms in total. The van der Waals surface area contributed by atoms with Crippen LogP contribution in [-0.2, 0) is 0 Å². The summed E-state index contributed by atoms with van der Waals surface area (Å²) in [6, 6.07) is 64.8. The van der Waals surface area contributed by atoms with Crippen LogP contribution in [0.25, 0.3) is 72.0 Å². The molecule has 9 aromatic rings. The molecule has 2 aliphatic heterocycles. The van der Waals surface area contributed by atoms with Crippen molar-refractivity contribution in [3.05, 3.63) is 182 Å². The van der Waals surface area contributed by atoms with Crippen LogP contribution in [0, 0.1) is 0 Å². The molecule has 0 spiro atoms. The smallest absolute Gasteiger partial charge is 0.434 e. The lowest BCUT2D eigenvalue weighted by Gasteiger charge is -2.33. The van der Waals surface area contributed by atoms with E-state index in [4.69, 9.17) is 9.39 Å². The highest BCUT2D eigenvalue weighted by molar-refractivity contribution is 6.84. The third kappa shape index (κ3) is 4.48. The molecule has 4 heteroatoms. The molecule has 0 unspecified atom stereocenters. The van der Waals surface area contributed by atoms with Gasteiger partial charge >= 0.3 is 6.92 Å². The van der Waals surface area contributed by atoms with Gasteiger partial charge in [0.15, 0.2) is 0 Å². The quantitative estimate of drug-likeness (QED) is 0.175. The van der Waals surface area contributed by atoms with Crippen LogP contribution in [0.15, 0.2) is 182 Å². The lowest BCUT2D eigenvalue weighted by Crippen LogP contribution is -2.53. The molecule has 1 aromatic heterocycles. The molecule has 0 amide bonds. The number of aromatic nitrogens is 1. The molecule has 0 aliphatic carbocycles. The maximum atomic E-state index is 6.84. The van der Waals surface area contributed by atoms with Gasteiger partial charge in [-0.2, -0.15) is 0 Å². The SMILES string of the molecule is c1ccc(-c2cccc(-c3ccc4c(c3)-c3cc(-c5ccc(-n6c7ccccc7c7ccccc76)cc5)cc5c3B(O4)c3ccccc3O5)c2)cc1. The van der Waals surface area contributed by atoms with Crippen LogP contribution >= 0.6 is 0 Å². The third-order valence-electron chi connectivity index (χ3n) is 10.7. The molecule has 242 valence electrons. The molecule has 0 fully saturated rings. The van der Waals surface area contributed by atoms with E-state index in [1.807, 2.05) is 12.1 Å². The first-order chi connectivity index (χ1) is 25.8. The minimum Gasteiger partial charge on any atom is -0.551 e. The molecule has 52 heavy (non-hydrogen) atoms. The van der Waals surface area contributed by atoms with Gasteiger partial charge in [-0.05, 0) is 99.6 Å². The van der Waals surface area contributed by atoms with E-state index in [0.29, 0.717) is 0 Å². The van der Waals surface area contributed by atoms with E-state index < -0.39 is 0 Å². The standard InChI is InChI=1S/C48H30BNO2/c1-2-11-31(12-3-1)33-13-10-14-34(27-33)35-23-26-45-40(28-35)41-29-36(30-47-48(41)49(52-45)42-17-6-9-20-46(42)51-47)32-21-24-37(25-22-32)50-43-18-7-4-15-38(43)39-16-5-8-19-44(39)50/h1-30H. The van der Waals surface area contributed by atoms with Gasteiger partial charge in [-0.25, -0.2) is 0 Å². The van der Waals surface area contributed by atoms with Crippen LogP contribution in [0.3, 0.4) is 0 Å². The topological polar surface area (TPSA) is 23.4 Å². The van der Waals surface area contributed by atoms with Gasteiger partial charge in [0, 0.05) is 32.9 Å². The van der Waals surface area contributed by atoms with Gasteiger partial charge in [-0.3, -0.25) is 0 Å². The molecule has 3 heterocycles. The van der Waals surface area contributed by atoms with Crippen LogP contribution in [-0.4, -0.2) is 11.5 Å². The lowest BCUT2D eigenvalue weighted by atomic mass is 9.50. The fourth-order valence-corrected chi connectivity index (χ4v) is 8.22. The average Bonchev–Trinajstić information content (AvgIpc) is 3.55. The zero-order chi connectivity index (χ0) is 34.2. The van der Waals surface area contributed by atoms with Crippen LogP contribution in [0.1, 0.15) is 0 Å². The monoisotopic (exact) mass is 663 g/mol. The molecule has 0 N–H and O–H groups in total. The van der Waals surface area contributed by atoms with E-state index >= 15 is 0 Å². The maximum Gasteiger partial charge on any atom is 0.434 e. The third-order valence-corrected chi connectivity index (χ3v) is 10.7. The van der Waals surface area contributed by atoms with Gasteiger partial charge in [0.25, 0.3) is 0 Å². The Kier molecular flexibility index (Phi) is 6.35. The van der Waals surface area contributed by atoms with E-state index in [-0.39, 0.29) is 6.92 Å². The second kappa shape index (κ2) is 11.4. The summed E-state index contributed by atoms with van der Waals surface area (Å²) in [5.74, 6) is 2.55. The van der Waals surface area contributed by atoms with E-state index in [0.717, 1.165) is 61.7 Å². The molecule has 0 saturated heterocycles. The van der Waals surface area contributed by atoms with Gasteiger partial charge < -0.3 is 14.0 Å². The Morgan fingerprint density at radius 1 is 0.385 bits per heavy atom. The van der Waals surface area contributed by atoms with Gasteiger partial charge in [0.05, 0.1) is 11.0 Å². The van der Waals surface area contributed by atoms with Crippen molar-refractivity contribution in [2.75, 3.05) is 0 Å². The summed E-state index contributed by atoms with van der Waals surface area (Å²) in [5.41, 5.74) is 14.8. The van der Waals surface area contributed by atoms with Crippen LogP contribution in [0.5, 0.6) is 17.2 Å². The maximum absolute atomic E-state index is 6.84. The van der Waals surface area contributed by atoms with E-state index in [1.165, 1.54) is 38.5 Å². The largest absolute Gasteiger partial charge is 0.551 e. The number of ether oxygens (including phenoxy) is 1. The fraction of sp³-hybridized carbons (Fsp3) is 0. The summed E-state index contributed by atoms with van der Waals surface area (Å²) in [6.07, 6.45) is 0. The van der Waals surface area contributed by atoms with Gasteiger partial charge in [-0.1, -0.05) is 121 Å². The average molecular weight is 664 g/mol. The number of nitrogens with zero attached hydrogens (tertiary/aromatic N) is 1. The molecular formula is C48H30BNO2. The summed E-state index contributed by atoms with van der Waals surface area (Å²) < 4.78 is 15.9. The Labute approximate surface area is 302 Å². The van der Waals surface area contributed by atoms with Crippen molar-refractivity contribution in [1.82, 2.24) is 4.57 Å². The number of fused-ring (bicyclic) bond motifs is 7. The van der Waals surface area contributed by atoms with E-state index in [1.54, 1.807) is 0 Å². The Morgan fingerprint density at radius 2 is 0.981 bits per heavy atom. The van der Waals surface area contributed by atoms with Crippen molar-refractivity contribution in [2.45, 2.75) is 0 Å². The molecule has 0 radical (unpaired) electrons. The Balaban J connectivity index is 1.05. The first-order valence-electron chi connectivity index (χ1n) is 17.8. The van der Waals surface area contributed by atoms with Crippen molar-refractivity contribution >= 4 is 39.6 Å². The van der Waals surface area contributed by atoms with Crippen molar-refractivity contribution in [3.63, 3.8) is 0 Å². The molecule has 11 rings (SSSR count). The molecule has 0 bridgehead atoms. The number of para-hydroxylation sites is 3. The predicted octanol–water partition coefficient (Wildman–Crippen LogP) is 11.1. The summed E-state index contributed by atoms with van der Waals surface area (Å²) in [5, 5.41) is 2.52. The minimum absolute atomic E-state index is 0.249. The van der Waals surface area contributed by atoms with Crippen molar-refractivity contribution in [2.24, 2.45) is 0 Å². The van der Waals surface area contributed by atoms with Crippen molar-refractivity contribution in [1.29, 1.82) is 0 Å². The number of rotatable bonds is 4. The zero-order valence-electron chi connectivity index (χ0n) is 28.2. The summed E-state index contributed by atoms with van der Waals surface area (Å²) >= 11 is 0. The zero-order valence-corrected chi connectivity index (χ0v) is 28.2. The molecular weight excluding hydrogens is 633 g/mol. The Morgan fingerprint density at radius 3 is 1.77 bits per heavy atom. The van der Waals surface area contributed by atoms with E-state index in [2.05, 4.69) is 174 Å². The highest BCUT2D eigenvalue weighted by Gasteiger charge is 2.41. The first-order valence-corrected chi connectivity index (χ1v) is 17.8. The van der Waals surface area contributed by atoms with Crippen LogP contribution < -0.4 is 20.3 Å². The normalized spacial score (nSPS) is 12.5. The van der Waals surface area contributed by atoms with Crippen LogP contribution in [0.2, 0.25) is 0 Å². The fourth-order valence-electron chi connectivity index (χ4n) is 8.22. The predicted molar refractivity (Wildman–Crippen MR) is 215 cm³/mol. The summed E-state index contributed by atoms with van der Waals surface area (Å²) in [6.45, 7) is -0.249. The van der Waals surface area contributed by atoms with E-state index in [9.17, 15) is 0 Å². The van der Waals surface area contributed by atoms with Gasteiger partial charge in [0.1, 0.15) is 17.2 Å². The second-order valence-corrected chi connectivity index (χ2v) is 13.6. The number of hydrogen-bond donors (Lipinski definition) is 0. The van der Waals surface area contributed by atoms with Gasteiger partial charge in [0.2, 0.25) is 0 Å². The molecule has 2 aliphatic rings. The van der Waals surface area contributed by atoms with Crippen molar-refractivity contribution < 1.29 is 9.39 Å². The Bertz CT molecular complexity index is 2800. The molecule has 0 atom stereocenters. The summed E-state index contributed by atoms with van der Waals surface area (Å²) in [4.78, 5) is 0. The summed E-state index contributed by atoms with van der Waals surface area (Å²) in [7, 11) is 0. The molecule has 0 saturated carbocycles. The highest BCUT2D eigenvalue weighted by Crippen LogP contribution is 2.43. The number of hydrogen-bond acceptors (Lipinski definition) is 2. The first kappa shape index (κ1) is 29.0. The lowest BCUT2D eigenvalue weighted by molar-refractivity contribution is 0.479. The minimum atomic E-state index is -0.249. The molecule has 8 aromatic carbocycles. The Hall–Kier alpha value is -6.78. The van der Waals surface area contributed by atoms with Gasteiger partial charge in [-0.15, -0.1) is 0 Å².